The van der Waals surface area contributed by atoms with Gasteiger partial charge in [0.15, 0.2) is 5.13 Å². The number of rotatable bonds is 3. The number of fused-ring (bicyclic) bond motifs is 1. The number of nitrogens with one attached hydrogen (secondary N) is 1. The molecule has 0 aliphatic carbocycles. The molecular weight excluding hydrogens is 302 g/mol. The number of anilines is 1. The van der Waals surface area contributed by atoms with Crippen molar-refractivity contribution in [3.63, 3.8) is 0 Å². The summed E-state index contributed by atoms with van der Waals surface area (Å²) in [6, 6.07) is 0. The fourth-order valence-corrected chi connectivity index (χ4v) is 3.29. The molecule has 2 aliphatic heterocycles. The SMILES string of the molecule is Cl.NC[C@H]1CC[C@@H](C(=O)Nc2nc3c(s2)COCC3)O1. The van der Waals surface area contributed by atoms with Crippen LogP contribution >= 0.6 is 23.7 Å². The van der Waals surface area contributed by atoms with Crippen LogP contribution in [0.4, 0.5) is 5.13 Å². The minimum atomic E-state index is -0.397. The number of hydrogen-bond donors (Lipinski definition) is 2. The molecule has 8 heteroatoms. The first-order chi connectivity index (χ1) is 9.26. The molecule has 1 aromatic heterocycles. The zero-order valence-corrected chi connectivity index (χ0v) is 12.6. The number of thiazole rings is 1. The maximum atomic E-state index is 12.0. The van der Waals surface area contributed by atoms with E-state index in [4.69, 9.17) is 15.2 Å². The topological polar surface area (TPSA) is 86.5 Å². The van der Waals surface area contributed by atoms with Crippen LogP contribution in [0.15, 0.2) is 0 Å². The van der Waals surface area contributed by atoms with Crippen molar-refractivity contribution in [1.29, 1.82) is 0 Å². The maximum Gasteiger partial charge on any atom is 0.255 e. The summed E-state index contributed by atoms with van der Waals surface area (Å²) < 4.78 is 10.9. The van der Waals surface area contributed by atoms with Crippen LogP contribution in [0, 0.1) is 0 Å². The maximum absolute atomic E-state index is 12.0. The average Bonchev–Trinajstić information content (AvgIpc) is 3.04. The van der Waals surface area contributed by atoms with Gasteiger partial charge in [-0.1, -0.05) is 11.3 Å². The van der Waals surface area contributed by atoms with Crippen molar-refractivity contribution in [2.24, 2.45) is 5.73 Å². The normalized spacial score (nSPS) is 24.9. The Kier molecular flexibility index (Phi) is 5.34. The van der Waals surface area contributed by atoms with Crippen LogP contribution in [0.3, 0.4) is 0 Å². The van der Waals surface area contributed by atoms with Crippen LogP contribution in [0.1, 0.15) is 23.4 Å². The Hall–Kier alpha value is -0.730. The molecule has 20 heavy (non-hydrogen) atoms. The van der Waals surface area contributed by atoms with E-state index in [1.54, 1.807) is 0 Å². The van der Waals surface area contributed by atoms with Gasteiger partial charge in [-0.25, -0.2) is 4.98 Å². The number of nitrogens with two attached hydrogens (primary N) is 1. The highest BCUT2D eigenvalue weighted by molar-refractivity contribution is 7.15. The van der Waals surface area contributed by atoms with E-state index in [1.807, 2.05) is 0 Å². The molecule has 0 spiro atoms. The number of amides is 1. The quantitative estimate of drug-likeness (QED) is 0.870. The number of carbonyl (C=O) groups is 1. The van der Waals surface area contributed by atoms with Gasteiger partial charge in [0.1, 0.15) is 6.10 Å². The van der Waals surface area contributed by atoms with Crippen molar-refractivity contribution in [3.8, 4) is 0 Å². The summed E-state index contributed by atoms with van der Waals surface area (Å²) in [6.07, 6.45) is 2.00. The molecule has 112 valence electrons. The summed E-state index contributed by atoms with van der Waals surface area (Å²) in [5.74, 6) is -0.122. The Labute approximate surface area is 127 Å². The standard InChI is InChI=1S/C12H17N3O3S.ClH/c13-5-7-1-2-9(18-7)11(16)15-12-14-8-3-4-17-6-10(8)19-12;/h7,9H,1-6,13H2,(H,14,15,16);1H/t7-,9+;/m1./s1. The summed E-state index contributed by atoms with van der Waals surface area (Å²) in [4.78, 5) is 17.6. The Balaban J connectivity index is 0.00000147. The fourth-order valence-electron chi connectivity index (χ4n) is 2.34. The molecule has 0 aromatic carbocycles. The zero-order chi connectivity index (χ0) is 13.2. The summed E-state index contributed by atoms with van der Waals surface area (Å²) in [6.45, 7) is 1.76. The van der Waals surface area contributed by atoms with Gasteiger partial charge in [-0.15, -0.1) is 12.4 Å². The molecule has 3 heterocycles. The van der Waals surface area contributed by atoms with Gasteiger partial charge in [-0.05, 0) is 12.8 Å². The van der Waals surface area contributed by atoms with E-state index in [-0.39, 0.29) is 24.4 Å². The third-order valence-electron chi connectivity index (χ3n) is 3.39. The number of carbonyl (C=O) groups excluding carboxylic acids is 1. The number of ether oxygens (including phenoxy) is 2. The number of hydrogen-bond acceptors (Lipinski definition) is 6. The third kappa shape index (κ3) is 3.29. The first-order valence-electron chi connectivity index (χ1n) is 6.49. The predicted octanol–water partition coefficient (Wildman–Crippen LogP) is 1.08. The van der Waals surface area contributed by atoms with E-state index in [0.717, 1.165) is 29.8 Å². The lowest BCUT2D eigenvalue weighted by atomic mass is 10.2. The fraction of sp³-hybridized carbons (Fsp3) is 0.667. The lowest BCUT2D eigenvalue weighted by Crippen LogP contribution is -2.29. The second-order valence-corrected chi connectivity index (χ2v) is 5.82. The van der Waals surface area contributed by atoms with Gasteiger partial charge in [0, 0.05) is 13.0 Å². The molecule has 1 saturated heterocycles. The zero-order valence-electron chi connectivity index (χ0n) is 11.0. The molecule has 3 rings (SSSR count). The summed E-state index contributed by atoms with van der Waals surface area (Å²) in [7, 11) is 0. The second-order valence-electron chi connectivity index (χ2n) is 4.74. The van der Waals surface area contributed by atoms with Crippen molar-refractivity contribution in [3.05, 3.63) is 10.6 Å². The van der Waals surface area contributed by atoms with Gasteiger partial charge >= 0.3 is 0 Å². The molecule has 0 unspecified atom stereocenters. The smallest absolute Gasteiger partial charge is 0.255 e. The largest absolute Gasteiger partial charge is 0.375 e. The highest BCUT2D eigenvalue weighted by Gasteiger charge is 2.30. The van der Waals surface area contributed by atoms with Gasteiger partial charge < -0.3 is 15.2 Å². The minimum absolute atomic E-state index is 0. The summed E-state index contributed by atoms with van der Waals surface area (Å²) >= 11 is 1.48. The van der Waals surface area contributed by atoms with Crippen LogP contribution in [0.2, 0.25) is 0 Å². The van der Waals surface area contributed by atoms with Gasteiger partial charge in [-0.2, -0.15) is 0 Å². The lowest BCUT2D eigenvalue weighted by Gasteiger charge is -2.11. The second kappa shape index (κ2) is 6.82. The average molecular weight is 320 g/mol. The van der Waals surface area contributed by atoms with E-state index in [1.165, 1.54) is 11.3 Å². The first-order valence-corrected chi connectivity index (χ1v) is 7.30. The molecule has 6 nitrogen and oxygen atoms in total. The highest BCUT2D eigenvalue weighted by Crippen LogP contribution is 2.28. The van der Waals surface area contributed by atoms with Crippen molar-refractivity contribution >= 4 is 34.8 Å². The van der Waals surface area contributed by atoms with Crippen LogP contribution in [0.25, 0.3) is 0 Å². The molecule has 0 saturated carbocycles. The van der Waals surface area contributed by atoms with E-state index in [9.17, 15) is 4.79 Å². The van der Waals surface area contributed by atoms with E-state index >= 15 is 0 Å². The van der Waals surface area contributed by atoms with Crippen molar-refractivity contribution < 1.29 is 14.3 Å². The van der Waals surface area contributed by atoms with Crippen LogP contribution in [-0.2, 0) is 27.3 Å². The van der Waals surface area contributed by atoms with E-state index < -0.39 is 6.10 Å². The number of aromatic nitrogens is 1. The summed E-state index contributed by atoms with van der Waals surface area (Å²) in [5.41, 5.74) is 6.57. The first kappa shape index (κ1) is 15.7. The van der Waals surface area contributed by atoms with Crippen LogP contribution < -0.4 is 11.1 Å². The van der Waals surface area contributed by atoms with Gasteiger partial charge in [0.05, 0.1) is 29.9 Å². The lowest BCUT2D eigenvalue weighted by molar-refractivity contribution is -0.126. The Bertz CT molecular complexity index is 459. The predicted molar refractivity (Wildman–Crippen MR) is 78.3 cm³/mol. The van der Waals surface area contributed by atoms with Gasteiger partial charge in [0.2, 0.25) is 0 Å². The monoisotopic (exact) mass is 319 g/mol. The molecule has 0 radical (unpaired) electrons. The highest BCUT2D eigenvalue weighted by atomic mass is 35.5. The van der Waals surface area contributed by atoms with Gasteiger partial charge in [0.25, 0.3) is 5.91 Å². The Morgan fingerprint density at radius 1 is 1.50 bits per heavy atom. The van der Waals surface area contributed by atoms with Crippen molar-refractivity contribution in [2.45, 2.75) is 38.1 Å². The molecule has 1 amide bonds. The van der Waals surface area contributed by atoms with Crippen molar-refractivity contribution in [2.75, 3.05) is 18.5 Å². The molecular formula is C12H18ClN3O3S. The van der Waals surface area contributed by atoms with E-state index in [2.05, 4.69) is 10.3 Å². The molecule has 1 fully saturated rings. The Morgan fingerprint density at radius 2 is 2.35 bits per heavy atom. The molecule has 2 aliphatic rings. The molecule has 1 aromatic rings. The molecule has 2 atom stereocenters. The molecule has 0 bridgehead atoms. The van der Waals surface area contributed by atoms with Crippen LogP contribution in [-0.4, -0.2) is 36.3 Å². The van der Waals surface area contributed by atoms with E-state index in [0.29, 0.717) is 24.9 Å². The van der Waals surface area contributed by atoms with Crippen molar-refractivity contribution in [1.82, 2.24) is 4.98 Å². The summed E-state index contributed by atoms with van der Waals surface area (Å²) in [5, 5.41) is 3.47. The minimum Gasteiger partial charge on any atom is -0.375 e. The molecule has 3 N–H and O–H groups in total. The van der Waals surface area contributed by atoms with Gasteiger partial charge in [-0.3, -0.25) is 10.1 Å². The number of halogens is 1. The van der Waals surface area contributed by atoms with Crippen LogP contribution in [0.5, 0.6) is 0 Å². The number of nitrogens with zero attached hydrogens (tertiary/aromatic N) is 1. The third-order valence-corrected chi connectivity index (χ3v) is 4.37. The Morgan fingerprint density at radius 3 is 3.05 bits per heavy atom.